The molecule has 0 aliphatic heterocycles. The zero-order valence-electron chi connectivity index (χ0n) is 10.9. The molecule has 21 heavy (non-hydrogen) atoms. The van der Waals surface area contributed by atoms with E-state index in [4.69, 9.17) is 11.6 Å². The Morgan fingerprint density at radius 1 is 1.19 bits per heavy atom. The number of hydrogen-bond acceptors (Lipinski definition) is 3. The Morgan fingerprint density at radius 3 is 2.76 bits per heavy atom. The standard InChI is InChI=1S/C14H12BrClN2O2S/c15-11-7-13(14(16)17-8-11)18-21(19,20)12-5-4-9-2-1-3-10(9)6-12/h4-8,18H,1-3H2. The lowest BCUT2D eigenvalue weighted by Crippen LogP contribution is -2.14. The number of rotatable bonds is 3. The lowest BCUT2D eigenvalue weighted by atomic mass is 10.1. The molecule has 0 fully saturated rings. The van der Waals surface area contributed by atoms with Crippen LogP contribution in [-0.4, -0.2) is 13.4 Å². The highest BCUT2D eigenvalue weighted by Gasteiger charge is 2.19. The van der Waals surface area contributed by atoms with Crippen LogP contribution < -0.4 is 4.72 Å². The molecule has 110 valence electrons. The van der Waals surface area contributed by atoms with Gasteiger partial charge >= 0.3 is 0 Å². The number of nitrogens with one attached hydrogen (secondary N) is 1. The topological polar surface area (TPSA) is 59.1 Å². The zero-order valence-corrected chi connectivity index (χ0v) is 14.1. The minimum absolute atomic E-state index is 0.114. The van der Waals surface area contributed by atoms with Crippen molar-refractivity contribution >= 4 is 43.2 Å². The summed E-state index contributed by atoms with van der Waals surface area (Å²) in [6, 6.07) is 6.84. The van der Waals surface area contributed by atoms with Crippen molar-refractivity contribution in [3.8, 4) is 0 Å². The largest absolute Gasteiger partial charge is 0.276 e. The van der Waals surface area contributed by atoms with E-state index in [0.717, 1.165) is 24.8 Å². The molecule has 1 heterocycles. The van der Waals surface area contributed by atoms with Gasteiger partial charge in [-0.3, -0.25) is 4.72 Å². The first-order valence-corrected chi connectivity index (χ1v) is 9.07. The summed E-state index contributed by atoms with van der Waals surface area (Å²) in [6.07, 6.45) is 4.53. The first-order valence-electron chi connectivity index (χ1n) is 6.41. The number of pyridine rings is 1. The fourth-order valence-electron chi connectivity index (χ4n) is 2.41. The lowest BCUT2D eigenvalue weighted by molar-refractivity contribution is 0.601. The summed E-state index contributed by atoms with van der Waals surface area (Å²) in [7, 11) is -3.67. The van der Waals surface area contributed by atoms with E-state index in [2.05, 4.69) is 25.6 Å². The number of fused-ring (bicyclic) bond motifs is 1. The molecule has 0 unspecified atom stereocenters. The number of benzene rings is 1. The highest BCUT2D eigenvalue weighted by Crippen LogP contribution is 2.28. The number of nitrogens with zero attached hydrogens (tertiary/aromatic N) is 1. The molecule has 0 radical (unpaired) electrons. The maximum Gasteiger partial charge on any atom is 0.262 e. The van der Waals surface area contributed by atoms with Crippen LogP contribution in [0.15, 0.2) is 39.8 Å². The summed E-state index contributed by atoms with van der Waals surface area (Å²) in [5.41, 5.74) is 2.60. The monoisotopic (exact) mass is 386 g/mol. The third-order valence-corrected chi connectivity index (χ3v) is 5.53. The van der Waals surface area contributed by atoms with E-state index in [-0.39, 0.29) is 15.7 Å². The smallest absolute Gasteiger partial charge is 0.262 e. The SMILES string of the molecule is O=S(=O)(Nc1cc(Br)cnc1Cl)c1ccc2c(c1)CCC2. The number of sulfonamides is 1. The quantitative estimate of drug-likeness (QED) is 0.815. The van der Waals surface area contributed by atoms with E-state index < -0.39 is 10.0 Å². The van der Waals surface area contributed by atoms with Gasteiger partial charge in [-0.1, -0.05) is 17.7 Å². The summed E-state index contributed by atoms with van der Waals surface area (Å²) >= 11 is 9.17. The van der Waals surface area contributed by atoms with Crippen LogP contribution in [0, 0.1) is 0 Å². The Balaban J connectivity index is 1.95. The van der Waals surface area contributed by atoms with Gasteiger partial charge in [-0.05, 0) is 64.5 Å². The summed E-state index contributed by atoms with van der Waals surface area (Å²) in [5.74, 6) is 0. The normalized spacial score (nSPS) is 14.0. The molecule has 0 atom stereocenters. The number of halogens is 2. The second-order valence-electron chi connectivity index (χ2n) is 4.88. The number of aryl methyl sites for hydroxylation is 2. The molecular formula is C14H12BrClN2O2S. The van der Waals surface area contributed by atoms with Crippen molar-refractivity contribution in [2.75, 3.05) is 4.72 Å². The second-order valence-corrected chi connectivity index (χ2v) is 7.84. The van der Waals surface area contributed by atoms with Gasteiger partial charge in [0.2, 0.25) is 0 Å². The fourth-order valence-corrected chi connectivity index (χ4v) is 4.06. The highest BCUT2D eigenvalue weighted by molar-refractivity contribution is 9.10. The Labute approximate surface area is 136 Å². The maximum absolute atomic E-state index is 12.5. The van der Waals surface area contributed by atoms with E-state index in [1.54, 1.807) is 18.2 Å². The van der Waals surface area contributed by atoms with Gasteiger partial charge in [0.25, 0.3) is 10.0 Å². The molecule has 4 nitrogen and oxygen atoms in total. The number of hydrogen-bond donors (Lipinski definition) is 1. The average Bonchev–Trinajstić information content (AvgIpc) is 2.90. The van der Waals surface area contributed by atoms with E-state index in [1.165, 1.54) is 11.8 Å². The minimum Gasteiger partial charge on any atom is -0.276 e. The maximum atomic E-state index is 12.5. The first kappa shape index (κ1) is 14.8. The molecule has 0 saturated carbocycles. The predicted molar refractivity (Wildman–Crippen MR) is 86.2 cm³/mol. The van der Waals surface area contributed by atoms with Crippen molar-refractivity contribution in [1.29, 1.82) is 0 Å². The fraction of sp³-hybridized carbons (Fsp3) is 0.214. The molecule has 0 spiro atoms. The molecule has 0 bridgehead atoms. The number of anilines is 1. The van der Waals surface area contributed by atoms with Crippen LogP contribution in [0.1, 0.15) is 17.5 Å². The van der Waals surface area contributed by atoms with Gasteiger partial charge in [0, 0.05) is 10.7 Å². The Morgan fingerprint density at radius 2 is 1.95 bits per heavy atom. The minimum atomic E-state index is -3.67. The van der Waals surface area contributed by atoms with Crippen molar-refractivity contribution in [3.05, 3.63) is 51.2 Å². The van der Waals surface area contributed by atoms with Crippen molar-refractivity contribution < 1.29 is 8.42 Å². The summed E-state index contributed by atoms with van der Waals surface area (Å²) in [4.78, 5) is 4.16. The molecule has 1 aromatic carbocycles. The Hall–Kier alpha value is -1.11. The van der Waals surface area contributed by atoms with Crippen LogP contribution in [0.5, 0.6) is 0 Å². The van der Waals surface area contributed by atoms with Gasteiger partial charge < -0.3 is 0 Å². The lowest BCUT2D eigenvalue weighted by Gasteiger charge is -2.10. The molecule has 2 aromatic rings. The summed E-state index contributed by atoms with van der Waals surface area (Å²) in [5, 5.41) is 0.114. The Bertz CT molecular complexity index is 809. The highest BCUT2D eigenvalue weighted by atomic mass is 79.9. The molecule has 7 heteroatoms. The van der Waals surface area contributed by atoms with Gasteiger partial charge in [-0.25, -0.2) is 13.4 Å². The zero-order chi connectivity index (χ0) is 15.0. The van der Waals surface area contributed by atoms with Gasteiger partial charge in [-0.15, -0.1) is 0 Å². The van der Waals surface area contributed by atoms with Crippen LogP contribution in [0.4, 0.5) is 5.69 Å². The van der Waals surface area contributed by atoms with E-state index in [1.807, 2.05) is 6.07 Å². The number of aromatic nitrogens is 1. The van der Waals surface area contributed by atoms with Crippen molar-refractivity contribution in [1.82, 2.24) is 4.98 Å². The van der Waals surface area contributed by atoms with Gasteiger partial charge in [0.15, 0.2) is 5.15 Å². The van der Waals surface area contributed by atoms with Crippen LogP contribution in [-0.2, 0) is 22.9 Å². The molecular weight excluding hydrogens is 376 g/mol. The molecule has 1 aliphatic carbocycles. The third-order valence-electron chi connectivity index (χ3n) is 3.43. The molecule has 1 N–H and O–H groups in total. The van der Waals surface area contributed by atoms with Crippen LogP contribution >= 0.6 is 27.5 Å². The average molecular weight is 388 g/mol. The Kier molecular flexibility index (Phi) is 3.94. The third kappa shape index (κ3) is 3.07. The molecule has 0 amide bonds. The van der Waals surface area contributed by atoms with Crippen molar-refractivity contribution in [2.45, 2.75) is 24.2 Å². The van der Waals surface area contributed by atoms with Gasteiger partial charge in [0.05, 0.1) is 10.6 Å². The van der Waals surface area contributed by atoms with Crippen LogP contribution in [0.2, 0.25) is 5.15 Å². The van der Waals surface area contributed by atoms with Gasteiger partial charge in [-0.2, -0.15) is 0 Å². The summed E-state index contributed by atoms with van der Waals surface area (Å²) in [6.45, 7) is 0. The predicted octanol–water partition coefficient (Wildman–Crippen LogP) is 3.79. The second kappa shape index (κ2) is 5.59. The molecule has 3 rings (SSSR count). The van der Waals surface area contributed by atoms with Crippen LogP contribution in [0.3, 0.4) is 0 Å². The van der Waals surface area contributed by atoms with E-state index >= 15 is 0 Å². The summed E-state index contributed by atoms with van der Waals surface area (Å²) < 4.78 is 28.0. The molecule has 1 aliphatic rings. The first-order chi connectivity index (χ1) is 9.95. The van der Waals surface area contributed by atoms with E-state index in [0.29, 0.717) is 4.47 Å². The van der Waals surface area contributed by atoms with Crippen LogP contribution in [0.25, 0.3) is 0 Å². The van der Waals surface area contributed by atoms with E-state index in [9.17, 15) is 8.42 Å². The van der Waals surface area contributed by atoms with Crippen molar-refractivity contribution in [3.63, 3.8) is 0 Å². The molecule has 0 saturated heterocycles. The van der Waals surface area contributed by atoms with Crippen molar-refractivity contribution in [2.24, 2.45) is 0 Å². The molecule has 1 aromatic heterocycles. The van der Waals surface area contributed by atoms with Gasteiger partial charge in [0.1, 0.15) is 0 Å².